The lowest BCUT2D eigenvalue weighted by Crippen LogP contribution is -2.50. The van der Waals surface area contributed by atoms with E-state index >= 15 is 0 Å². The van der Waals surface area contributed by atoms with Gasteiger partial charge in [-0.05, 0) is 89.9 Å². The van der Waals surface area contributed by atoms with Gasteiger partial charge in [0.25, 0.3) is 11.8 Å². The summed E-state index contributed by atoms with van der Waals surface area (Å²) in [6, 6.07) is -1.76. The van der Waals surface area contributed by atoms with Crippen molar-refractivity contribution >= 4 is 51.2 Å². The van der Waals surface area contributed by atoms with Gasteiger partial charge in [0, 0.05) is 51.6 Å². The summed E-state index contributed by atoms with van der Waals surface area (Å²) in [6.45, 7) is 10.1. The van der Waals surface area contributed by atoms with Crippen molar-refractivity contribution in [1.29, 1.82) is 0 Å². The molecule has 2 unspecified atom stereocenters. The first-order valence-corrected chi connectivity index (χ1v) is 47.8. The first-order chi connectivity index (χ1) is 54.3. The summed E-state index contributed by atoms with van der Waals surface area (Å²) in [7, 11) is -9.68. The number of phosphoric acid groups is 2. The SMILES string of the molecule is CCCCCCC=CCCCC(=O)O[C@H](CCCCCCC)CCOC[C@H](COP(=O)(O)OCCNC(=O)[C@@H](O)[C@@H](O)C(=O)NCCOP(=O)(O)OC[C@H](COCC[C@@H](CCCCCCC)OC(=O)CCCC=CCCCCCC)NC(=O)CCCCCCCCCCCCC)NC(=O)CCCCCCCCCCCCC. The van der Waals surface area contributed by atoms with Crippen LogP contribution >= 0.6 is 15.6 Å². The van der Waals surface area contributed by atoms with Gasteiger partial charge in [0.15, 0.2) is 12.2 Å². The van der Waals surface area contributed by atoms with Crippen molar-refractivity contribution in [3.05, 3.63) is 24.3 Å². The Morgan fingerprint density at radius 2 is 0.598 bits per heavy atom. The molecule has 8 N–H and O–H groups in total. The normalized spacial score (nSPS) is 14.5. The third-order valence-electron chi connectivity index (χ3n) is 19.7. The van der Waals surface area contributed by atoms with E-state index in [2.05, 4.69) is 87.1 Å². The van der Waals surface area contributed by atoms with Crippen LogP contribution < -0.4 is 21.3 Å². The van der Waals surface area contributed by atoms with Gasteiger partial charge in [-0.1, -0.05) is 284 Å². The Morgan fingerprint density at radius 3 is 0.911 bits per heavy atom. The highest BCUT2D eigenvalue weighted by molar-refractivity contribution is 7.47. The van der Waals surface area contributed by atoms with Gasteiger partial charge in [0.1, 0.15) is 12.2 Å². The zero-order chi connectivity index (χ0) is 82.5. The zero-order valence-corrected chi connectivity index (χ0v) is 73.0. The van der Waals surface area contributed by atoms with Gasteiger partial charge in [-0.25, -0.2) is 9.13 Å². The average molecular weight is 1640 g/mol. The molecular formula is C86H164N4O20P2. The molecule has 24 nitrogen and oxygen atoms in total. The fraction of sp³-hybridized carbons (Fsp3) is 0.884. The van der Waals surface area contributed by atoms with Crippen LogP contribution in [0.3, 0.4) is 0 Å². The number of carbonyl (C=O) groups excluding carboxylic acids is 6. The molecule has 0 saturated heterocycles. The lowest BCUT2D eigenvalue weighted by atomic mass is 10.1. The van der Waals surface area contributed by atoms with Gasteiger partial charge >= 0.3 is 27.6 Å². The Morgan fingerprint density at radius 1 is 0.321 bits per heavy atom. The largest absolute Gasteiger partial charge is 0.472 e. The van der Waals surface area contributed by atoms with E-state index in [1.165, 1.54) is 128 Å². The van der Waals surface area contributed by atoms with E-state index in [1.807, 2.05) is 0 Å². The number of allylic oxidation sites excluding steroid dienone is 4. The van der Waals surface area contributed by atoms with E-state index in [4.69, 9.17) is 37.0 Å². The molecule has 0 aromatic rings. The first kappa shape index (κ1) is 108. The number of unbranched alkanes of at least 4 members (excludes halogenated alkanes) is 38. The van der Waals surface area contributed by atoms with Gasteiger partial charge < -0.3 is 60.2 Å². The highest BCUT2D eigenvalue weighted by atomic mass is 31.2. The molecule has 112 heavy (non-hydrogen) atoms. The first-order valence-electron chi connectivity index (χ1n) is 44.8. The van der Waals surface area contributed by atoms with Crippen LogP contribution in [0.4, 0.5) is 0 Å². The van der Waals surface area contributed by atoms with Gasteiger partial charge in [0.05, 0.1) is 64.9 Å². The summed E-state index contributed by atoms with van der Waals surface area (Å²) in [5.74, 6) is -3.56. The van der Waals surface area contributed by atoms with Crippen molar-refractivity contribution in [3.8, 4) is 0 Å². The van der Waals surface area contributed by atoms with Crippen LogP contribution in [0.5, 0.6) is 0 Å². The maximum atomic E-state index is 13.3. The van der Waals surface area contributed by atoms with E-state index in [0.29, 0.717) is 64.2 Å². The number of aliphatic hydroxyl groups is 2. The number of phosphoric ester groups is 2. The van der Waals surface area contributed by atoms with Crippen molar-refractivity contribution < 1.29 is 94.9 Å². The third kappa shape index (κ3) is 71.7. The smallest absolute Gasteiger partial charge is 0.462 e. The van der Waals surface area contributed by atoms with E-state index in [9.17, 15) is 57.9 Å². The Hall–Kier alpha value is -3.64. The molecule has 0 fully saturated rings. The number of aliphatic hydroxyl groups excluding tert-OH is 2. The number of amides is 4. The fourth-order valence-electron chi connectivity index (χ4n) is 12.8. The Labute approximate surface area is 679 Å². The number of ether oxygens (including phenoxy) is 4. The maximum Gasteiger partial charge on any atom is 0.472 e. The number of carbonyl (C=O) groups is 6. The van der Waals surface area contributed by atoms with E-state index in [-0.39, 0.29) is 75.2 Å². The van der Waals surface area contributed by atoms with Crippen LogP contribution in [0.25, 0.3) is 0 Å². The Bertz CT molecular complexity index is 2250. The number of hydrogen-bond acceptors (Lipinski definition) is 18. The summed E-state index contributed by atoms with van der Waals surface area (Å²) < 4.78 is 71.2. The molecule has 0 spiro atoms. The third-order valence-corrected chi connectivity index (χ3v) is 21.7. The van der Waals surface area contributed by atoms with Gasteiger partial charge in [-0.2, -0.15) is 0 Å². The van der Waals surface area contributed by atoms with Gasteiger partial charge in [-0.15, -0.1) is 0 Å². The minimum atomic E-state index is -4.84. The topological polar surface area (TPSA) is 339 Å². The summed E-state index contributed by atoms with van der Waals surface area (Å²) in [4.78, 5) is 99.7. The molecule has 0 aromatic carbocycles. The van der Waals surface area contributed by atoms with Crippen LogP contribution in [0.2, 0.25) is 0 Å². The van der Waals surface area contributed by atoms with Gasteiger partial charge in [0.2, 0.25) is 11.8 Å². The molecule has 4 amide bonds. The minimum Gasteiger partial charge on any atom is -0.462 e. The second kappa shape index (κ2) is 78.5. The molecule has 0 saturated carbocycles. The summed E-state index contributed by atoms with van der Waals surface area (Å²) >= 11 is 0. The molecule has 0 bridgehead atoms. The van der Waals surface area contributed by atoms with Crippen molar-refractivity contribution in [2.24, 2.45) is 0 Å². The Kier molecular flexibility index (Phi) is 76.0. The van der Waals surface area contributed by atoms with Crippen LogP contribution in [0.1, 0.15) is 388 Å². The predicted octanol–water partition coefficient (Wildman–Crippen LogP) is 19.3. The van der Waals surface area contributed by atoms with E-state index in [0.717, 1.165) is 141 Å². The predicted molar refractivity (Wildman–Crippen MR) is 448 cm³/mol. The molecule has 0 aliphatic carbocycles. The molecule has 0 heterocycles. The summed E-state index contributed by atoms with van der Waals surface area (Å²) in [6.07, 6.45) is 56.3. The summed E-state index contributed by atoms with van der Waals surface area (Å²) in [5, 5.41) is 31.4. The average Bonchev–Trinajstić information content (AvgIpc) is 0.904. The molecule has 0 aliphatic heterocycles. The van der Waals surface area contributed by atoms with E-state index in [1.54, 1.807) is 0 Å². The fourth-order valence-corrected chi connectivity index (χ4v) is 14.3. The monoisotopic (exact) mass is 1640 g/mol. The molecule has 0 aliphatic rings. The van der Waals surface area contributed by atoms with Crippen molar-refractivity contribution in [3.63, 3.8) is 0 Å². The van der Waals surface area contributed by atoms with Crippen molar-refractivity contribution in [1.82, 2.24) is 21.3 Å². The van der Waals surface area contributed by atoms with Crippen molar-refractivity contribution in [2.45, 2.75) is 425 Å². The zero-order valence-electron chi connectivity index (χ0n) is 71.2. The second-order valence-corrected chi connectivity index (χ2v) is 33.5. The molecule has 658 valence electrons. The lowest BCUT2D eigenvalue weighted by molar-refractivity contribution is -0.151. The molecule has 0 rings (SSSR count). The van der Waals surface area contributed by atoms with Crippen LogP contribution in [-0.4, -0.2) is 158 Å². The molecule has 0 aromatic heterocycles. The molecule has 0 radical (unpaired) electrons. The number of rotatable bonds is 85. The number of hydrogen-bond donors (Lipinski definition) is 8. The van der Waals surface area contributed by atoms with Crippen molar-refractivity contribution in [2.75, 3.05) is 65.9 Å². The molecular weight excluding hydrogens is 1470 g/mol. The molecule has 8 atom stereocenters. The second-order valence-electron chi connectivity index (χ2n) is 30.5. The standard InChI is InChI=1S/C86H164N4O20P2/c1-7-13-19-25-29-33-35-39-41-47-53-59-79(91)89-75(71-103-67-63-77(57-51-45-23-17-11-5)109-81(93)61-55-49-43-37-31-27-21-15-9-3)73-107-111(99,100)105-69-65-87-85(97)83(95)84(96)86(98)88-66-70-106-112(101,102)108-74-76(90-80(92)60-54-48-42-40-36-34-30-26-20-14-8-2)72-104-68-64-78(58-52-46-24-18-12-6)110-82(94)62-56-50-44-38-32-28-22-16-10-4/h37-38,43-44,75-78,83-84,95-96H,7-36,39-42,45-74H2,1-6H3,(H,87,97)(H,88,98)(H,89,91)(H,90,92)(H,99,100)(H,101,102)/t75-,76+,77-,78-,83+,84-/m1/s1. The van der Waals surface area contributed by atoms with Crippen LogP contribution in [-0.2, 0) is 74.9 Å². The molecule has 26 heteroatoms. The highest BCUT2D eigenvalue weighted by Crippen LogP contribution is 2.44. The number of esters is 2. The van der Waals surface area contributed by atoms with Gasteiger partial charge in [-0.3, -0.25) is 46.9 Å². The van der Waals surface area contributed by atoms with Crippen LogP contribution in [0, 0.1) is 0 Å². The number of nitrogens with one attached hydrogen (secondary N) is 4. The highest BCUT2D eigenvalue weighted by Gasteiger charge is 2.32. The summed E-state index contributed by atoms with van der Waals surface area (Å²) in [5.41, 5.74) is 0. The minimum absolute atomic E-state index is 0.0967. The van der Waals surface area contributed by atoms with Crippen LogP contribution in [0.15, 0.2) is 24.3 Å². The quantitative estimate of drug-likeness (QED) is 0.0121. The van der Waals surface area contributed by atoms with E-state index < -0.39 is 91.3 Å². The lowest BCUT2D eigenvalue weighted by Gasteiger charge is -2.22. The Balaban J connectivity index is 5.65. The maximum absolute atomic E-state index is 13.3.